The number of hydrogen-bond donors (Lipinski definition) is 2. The van der Waals surface area contributed by atoms with Gasteiger partial charge in [0.05, 0.1) is 11.6 Å². The van der Waals surface area contributed by atoms with Crippen molar-refractivity contribution < 1.29 is 18.7 Å². The van der Waals surface area contributed by atoms with E-state index in [-0.39, 0.29) is 17.8 Å². The molecule has 2 N–H and O–H groups in total. The molecule has 0 saturated heterocycles. The van der Waals surface area contributed by atoms with Crippen molar-refractivity contribution in [2.24, 2.45) is 0 Å². The van der Waals surface area contributed by atoms with Crippen LogP contribution in [0.4, 0.5) is 4.39 Å². The van der Waals surface area contributed by atoms with Crippen LogP contribution in [0.25, 0.3) is 16.7 Å². The predicted octanol–water partition coefficient (Wildman–Crippen LogP) is 4.57. The Morgan fingerprint density at radius 3 is 2.57 bits per heavy atom. The second-order valence-electron chi connectivity index (χ2n) is 6.69. The molecule has 5 nitrogen and oxygen atoms in total. The summed E-state index contributed by atoms with van der Waals surface area (Å²) in [7, 11) is 1.54. The number of aromatic amines is 1. The van der Waals surface area contributed by atoms with Crippen LogP contribution < -0.4 is 14.8 Å². The first-order valence-corrected chi connectivity index (χ1v) is 9.03. The molecule has 6 heteroatoms. The molecule has 146 valence electrons. The van der Waals surface area contributed by atoms with E-state index >= 15 is 0 Å². The van der Waals surface area contributed by atoms with Gasteiger partial charge < -0.3 is 19.8 Å². The fourth-order valence-corrected chi connectivity index (χ4v) is 2.88. The number of nitrogens with one attached hydrogen (secondary N) is 2. The molecule has 3 aromatic rings. The number of hydrogen-bond acceptors (Lipinski definition) is 3. The zero-order chi connectivity index (χ0) is 20.3. The Kier molecular flexibility index (Phi) is 5.68. The molecule has 0 bridgehead atoms. The third kappa shape index (κ3) is 4.17. The highest BCUT2D eigenvalue weighted by Crippen LogP contribution is 2.38. The highest BCUT2D eigenvalue weighted by Gasteiger charge is 2.17. The average Bonchev–Trinajstić information content (AvgIpc) is 3.14. The standard InChI is InChI=1S/C22H23FN2O3/c1-13(2)27-19-11-14(3)22(17-9-10-25-21(17)19)28-18(12-20(26)24-4)15-5-7-16(23)8-6-15/h5-13,25H,1-4H3,(H,24,26)/b18-12+. The van der Waals surface area contributed by atoms with E-state index in [0.29, 0.717) is 17.1 Å². The van der Waals surface area contributed by atoms with Crippen molar-refractivity contribution in [2.75, 3.05) is 7.05 Å². The summed E-state index contributed by atoms with van der Waals surface area (Å²) >= 11 is 0. The number of fused-ring (bicyclic) bond motifs is 1. The monoisotopic (exact) mass is 382 g/mol. The predicted molar refractivity (Wildman–Crippen MR) is 108 cm³/mol. The Morgan fingerprint density at radius 1 is 1.21 bits per heavy atom. The Hall–Kier alpha value is -3.28. The summed E-state index contributed by atoms with van der Waals surface area (Å²) < 4.78 is 25.4. The van der Waals surface area contributed by atoms with Crippen LogP contribution in [0.1, 0.15) is 25.0 Å². The smallest absolute Gasteiger partial charge is 0.247 e. The summed E-state index contributed by atoms with van der Waals surface area (Å²) in [6.45, 7) is 5.84. The Bertz CT molecular complexity index is 1020. The fourth-order valence-electron chi connectivity index (χ4n) is 2.88. The average molecular weight is 382 g/mol. The number of H-pyrrole nitrogens is 1. The van der Waals surface area contributed by atoms with E-state index in [9.17, 15) is 9.18 Å². The first kappa shape index (κ1) is 19.5. The van der Waals surface area contributed by atoms with Crippen LogP contribution in [0.3, 0.4) is 0 Å². The summed E-state index contributed by atoms with van der Waals surface area (Å²) in [6, 6.07) is 9.60. The maximum absolute atomic E-state index is 13.3. The molecular formula is C22H23FN2O3. The zero-order valence-corrected chi connectivity index (χ0v) is 16.3. The van der Waals surface area contributed by atoms with Gasteiger partial charge in [-0.1, -0.05) is 0 Å². The van der Waals surface area contributed by atoms with Crippen molar-refractivity contribution in [2.45, 2.75) is 26.9 Å². The second-order valence-corrected chi connectivity index (χ2v) is 6.69. The van der Waals surface area contributed by atoms with Crippen LogP contribution in [0.2, 0.25) is 0 Å². The fraction of sp³-hybridized carbons (Fsp3) is 0.227. The van der Waals surface area contributed by atoms with Crippen LogP contribution in [0.5, 0.6) is 11.5 Å². The van der Waals surface area contributed by atoms with E-state index in [0.717, 1.165) is 22.2 Å². The zero-order valence-electron chi connectivity index (χ0n) is 16.3. The van der Waals surface area contributed by atoms with E-state index in [1.807, 2.05) is 39.1 Å². The maximum Gasteiger partial charge on any atom is 0.247 e. The van der Waals surface area contributed by atoms with Gasteiger partial charge >= 0.3 is 0 Å². The molecule has 0 atom stereocenters. The summed E-state index contributed by atoms with van der Waals surface area (Å²) in [5, 5.41) is 3.38. The Morgan fingerprint density at radius 2 is 1.93 bits per heavy atom. The van der Waals surface area contributed by atoms with E-state index in [4.69, 9.17) is 9.47 Å². The lowest BCUT2D eigenvalue weighted by molar-refractivity contribution is -0.116. The number of ether oxygens (including phenoxy) is 2. The van der Waals surface area contributed by atoms with Gasteiger partial charge in [0.1, 0.15) is 23.1 Å². The SMILES string of the molecule is CNC(=O)/C=C(/Oc1c(C)cc(OC(C)C)c2[nH]ccc12)c1ccc(F)cc1. The van der Waals surface area contributed by atoms with E-state index in [1.54, 1.807) is 12.1 Å². The largest absolute Gasteiger partial charge is 0.489 e. The molecule has 0 radical (unpaired) electrons. The third-order valence-corrected chi connectivity index (χ3v) is 4.16. The summed E-state index contributed by atoms with van der Waals surface area (Å²) in [5.41, 5.74) is 2.26. The molecule has 2 aromatic carbocycles. The quantitative estimate of drug-likeness (QED) is 0.485. The molecule has 0 unspecified atom stereocenters. The van der Waals surface area contributed by atoms with Gasteiger partial charge in [0.2, 0.25) is 5.91 Å². The first-order valence-electron chi connectivity index (χ1n) is 9.03. The highest BCUT2D eigenvalue weighted by atomic mass is 19.1. The van der Waals surface area contributed by atoms with Crippen LogP contribution in [0.15, 0.2) is 48.7 Å². The molecular weight excluding hydrogens is 359 g/mol. The number of likely N-dealkylation sites (N-methyl/N-ethyl adjacent to an activating group) is 1. The van der Waals surface area contributed by atoms with Crippen LogP contribution in [-0.2, 0) is 4.79 Å². The molecule has 1 heterocycles. The van der Waals surface area contributed by atoms with Crippen molar-refractivity contribution in [3.8, 4) is 11.5 Å². The highest BCUT2D eigenvalue weighted by molar-refractivity contribution is 5.96. The van der Waals surface area contributed by atoms with Crippen LogP contribution in [-0.4, -0.2) is 24.0 Å². The van der Waals surface area contributed by atoms with Crippen LogP contribution >= 0.6 is 0 Å². The van der Waals surface area contributed by atoms with Crippen molar-refractivity contribution in [1.82, 2.24) is 10.3 Å². The van der Waals surface area contributed by atoms with Gasteiger partial charge in [0.15, 0.2) is 0 Å². The third-order valence-electron chi connectivity index (χ3n) is 4.16. The number of rotatable bonds is 6. The number of aromatic nitrogens is 1. The van der Waals surface area contributed by atoms with Crippen LogP contribution in [0, 0.1) is 12.7 Å². The first-order chi connectivity index (χ1) is 13.4. The van der Waals surface area contributed by atoms with Gasteiger partial charge in [-0.2, -0.15) is 0 Å². The van der Waals surface area contributed by atoms with Crippen molar-refractivity contribution >= 4 is 22.6 Å². The van der Waals surface area contributed by atoms with Crippen molar-refractivity contribution in [1.29, 1.82) is 0 Å². The number of carbonyl (C=O) groups is 1. The normalized spacial score (nSPS) is 11.7. The molecule has 28 heavy (non-hydrogen) atoms. The number of carbonyl (C=O) groups excluding carboxylic acids is 1. The second kappa shape index (κ2) is 8.17. The lowest BCUT2D eigenvalue weighted by Gasteiger charge is -2.17. The summed E-state index contributed by atoms with van der Waals surface area (Å²) in [5.74, 6) is 0.984. The molecule has 1 amide bonds. The molecule has 1 aromatic heterocycles. The maximum atomic E-state index is 13.3. The number of amides is 1. The van der Waals surface area contributed by atoms with Gasteiger partial charge in [0.25, 0.3) is 0 Å². The minimum atomic E-state index is -0.359. The Labute approximate surface area is 163 Å². The van der Waals surface area contributed by atoms with Crippen molar-refractivity contribution in [3.05, 3.63) is 65.6 Å². The molecule has 0 aliphatic rings. The molecule has 0 aliphatic carbocycles. The Balaban J connectivity index is 2.08. The van der Waals surface area contributed by atoms with E-state index in [2.05, 4.69) is 10.3 Å². The summed E-state index contributed by atoms with van der Waals surface area (Å²) in [6.07, 6.45) is 3.19. The van der Waals surface area contributed by atoms with Gasteiger partial charge in [-0.3, -0.25) is 4.79 Å². The van der Waals surface area contributed by atoms with E-state index in [1.165, 1.54) is 25.3 Å². The van der Waals surface area contributed by atoms with E-state index < -0.39 is 0 Å². The lowest BCUT2D eigenvalue weighted by atomic mass is 10.1. The molecule has 0 aliphatic heterocycles. The summed E-state index contributed by atoms with van der Waals surface area (Å²) in [4.78, 5) is 15.1. The van der Waals surface area contributed by atoms with Gasteiger partial charge in [0, 0.05) is 30.3 Å². The van der Waals surface area contributed by atoms with Crippen molar-refractivity contribution in [3.63, 3.8) is 0 Å². The van der Waals surface area contributed by atoms with Gasteiger partial charge in [-0.25, -0.2) is 4.39 Å². The minimum absolute atomic E-state index is 0.0283. The minimum Gasteiger partial charge on any atom is -0.489 e. The molecule has 0 spiro atoms. The molecule has 3 rings (SSSR count). The number of benzene rings is 2. The number of halogens is 1. The topological polar surface area (TPSA) is 63.4 Å². The van der Waals surface area contributed by atoms with Gasteiger partial charge in [-0.05, 0) is 62.7 Å². The lowest BCUT2D eigenvalue weighted by Crippen LogP contribution is -2.16. The molecule has 0 saturated carbocycles. The van der Waals surface area contributed by atoms with Gasteiger partial charge in [-0.15, -0.1) is 0 Å². The number of aryl methyl sites for hydroxylation is 1. The molecule has 0 fully saturated rings.